The van der Waals surface area contributed by atoms with Gasteiger partial charge in [0.05, 0.1) is 5.75 Å². The highest BCUT2D eigenvalue weighted by molar-refractivity contribution is 7.89. The van der Waals surface area contributed by atoms with E-state index in [1.807, 2.05) is 0 Å². The summed E-state index contributed by atoms with van der Waals surface area (Å²) in [6.07, 6.45) is 1.96. The molecule has 0 N–H and O–H groups in total. The molecule has 1 aromatic carbocycles. The minimum Gasteiger partial charge on any atom is -0.298 e. The van der Waals surface area contributed by atoms with Gasteiger partial charge in [-0.2, -0.15) is 4.31 Å². The predicted octanol–water partition coefficient (Wildman–Crippen LogP) is 2.18. The monoisotopic (exact) mass is 356 g/mol. The summed E-state index contributed by atoms with van der Waals surface area (Å²) in [6.45, 7) is 3.72. The van der Waals surface area contributed by atoms with Crippen molar-refractivity contribution in [3.05, 3.63) is 35.4 Å². The fourth-order valence-electron chi connectivity index (χ4n) is 4.93. The van der Waals surface area contributed by atoms with Crippen LogP contribution in [0.25, 0.3) is 0 Å². The fourth-order valence-corrected chi connectivity index (χ4v) is 6.32. The Hall–Kier alpha value is -1.05. The average molecular weight is 356 g/mol. The number of nitrogens with zero attached hydrogens (tertiary/aromatic N) is 2. The number of hydrogen-bond donors (Lipinski definition) is 0. The van der Waals surface area contributed by atoms with Gasteiger partial charge in [0, 0.05) is 24.5 Å². The minimum atomic E-state index is -3.36. The van der Waals surface area contributed by atoms with Gasteiger partial charge in [0.2, 0.25) is 10.0 Å². The van der Waals surface area contributed by atoms with Crippen LogP contribution in [0.3, 0.4) is 0 Å². The van der Waals surface area contributed by atoms with E-state index >= 15 is 0 Å². The molecule has 24 heavy (non-hydrogen) atoms. The van der Waals surface area contributed by atoms with Gasteiger partial charge in [-0.05, 0) is 50.4 Å². The Morgan fingerprint density at radius 2 is 1.88 bits per heavy atom. The van der Waals surface area contributed by atoms with E-state index in [2.05, 4.69) is 4.90 Å². The largest absolute Gasteiger partial charge is 0.298 e. The van der Waals surface area contributed by atoms with Crippen molar-refractivity contribution in [1.82, 2.24) is 9.21 Å². The van der Waals surface area contributed by atoms with Crippen molar-refractivity contribution in [1.29, 1.82) is 0 Å². The van der Waals surface area contributed by atoms with Gasteiger partial charge in [0.25, 0.3) is 0 Å². The summed E-state index contributed by atoms with van der Waals surface area (Å²) in [5.74, 6) is -1.64. The zero-order chi connectivity index (χ0) is 17.1. The molecule has 4 nitrogen and oxygen atoms in total. The van der Waals surface area contributed by atoms with Crippen LogP contribution in [0.15, 0.2) is 18.2 Å². The van der Waals surface area contributed by atoms with Crippen LogP contribution in [-0.4, -0.2) is 55.1 Å². The van der Waals surface area contributed by atoms with Gasteiger partial charge in [0.1, 0.15) is 0 Å². The summed E-state index contributed by atoms with van der Waals surface area (Å²) >= 11 is 0. The minimum absolute atomic E-state index is 0.0429. The number of hydrogen-bond acceptors (Lipinski definition) is 3. The van der Waals surface area contributed by atoms with E-state index in [-0.39, 0.29) is 30.3 Å². The maximum absolute atomic E-state index is 14.4. The molecular weight excluding hydrogens is 334 g/mol. The van der Waals surface area contributed by atoms with E-state index in [1.165, 1.54) is 6.07 Å². The van der Waals surface area contributed by atoms with Gasteiger partial charge in [-0.15, -0.1) is 0 Å². The smallest absolute Gasteiger partial charge is 0.214 e. The Morgan fingerprint density at radius 1 is 1.17 bits per heavy atom. The SMILES string of the molecule is CCS(=O)(=O)N1C[C@@H](c2cccc(F)c2F)[C@@H]2[C@H]1C1CCN2CC1. The zero-order valence-electron chi connectivity index (χ0n) is 13.7. The summed E-state index contributed by atoms with van der Waals surface area (Å²) in [4.78, 5) is 2.28. The molecular formula is C17H22F2N2O2S. The molecule has 4 fully saturated rings. The second kappa shape index (κ2) is 5.75. The van der Waals surface area contributed by atoms with Gasteiger partial charge in [-0.1, -0.05) is 12.1 Å². The highest BCUT2D eigenvalue weighted by atomic mass is 32.2. The fraction of sp³-hybridized carbons (Fsp3) is 0.647. The first-order chi connectivity index (χ1) is 11.4. The molecule has 0 aliphatic carbocycles. The van der Waals surface area contributed by atoms with Crippen molar-refractivity contribution < 1.29 is 17.2 Å². The molecule has 1 aromatic rings. The van der Waals surface area contributed by atoms with E-state index in [0.29, 0.717) is 11.5 Å². The van der Waals surface area contributed by atoms with Crippen molar-refractivity contribution in [3.8, 4) is 0 Å². The molecule has 2 bridgehead atoms. The first-order valence-electron chi connectivity index (χ1n) is 8.61. The molecule has 0 amide bonds. The molecule has 4 aliphatic rings. The molecule has 132 valence electrons. The van der Waals surface area contributed by atoms with Crippen LogP contribution in [0.5, 0.6) is 0 Å². The maximum Gasteiger partial charge on any atom is 0.214 e. The van der Waals surface area contributed by atoms with Crippen LogP contribution in [0.4, 0.5) is 8.78 Å². The number of piperidine rings is 3. The molecule has 0 radical (unpaired) electrons. The second-order valence-electron chi connectivity index (χ2n) is 7.07. The number of benzene rings is 1. The number of halogens is 2. The van der Waals surface area contributed by atoms with Crippen LogP contribution < -0.4 is 0 Å². The first-order valence-corrected chi connectivity index (χ1v) is 10.2. The molecule has 7 heteroatoms. The molecule has 0 unspecified atom stereocenters. The molecule has 0 aromatic heterocycles. The van der Waals surface area contributed by atoms with Gasteiger partial charge >= 0.3 is 0 Å². The summed E-state index contributed by atoms with van der Waals surface area (Å²) in [5, 5.41) is 0. The van der Waals surface area contributed by atoms with E-state index < -0.39 is 21.7 Å². The first kappa shape index (κ1) is 16.4. The lowest BCUT2D eigenvalue weighted by Crippen LogP contribution is -2.60. The topological polar surface area (TPSA) is 40.6 Å². The van der Waals surface area contributed by atoms with Gasteiger partial charge in [-0.25, -0.2) is 17.2 Å². The third kappa shape index (κ3) is 2.32. The summed E-state index contributed by atoms with van der Waals surface area (Å²) in [5.41, 5.74) is 0.311. The van der Waals surface area contributed by atoms with Crippen LogP contribution >= 0.6 is 0 Å². The maximum atomic E-state index is 14.4. The van der Waals surface area contributed by atoms with Crippen LogP contribution in [0, 0.1) is 17.6 Å². The lowest BCUT2D eigenvalue weighted by Gasteiger charge is -2.50. The van der Waals surface area contributed by atoms with Crippen LogP contribution in [-0.2, 0) is 10.0 Å². The average Bonchev–Trinajstić information content (AvgIpc) is 3.02. The number of sulfonamides is 1. The highest BCUT2D eigenvalue weighted by Gasteiger charge is 2.56. The molecule has 4 saturated heterocycles. The number of rotatable bonds is 3. The summed E-state index contributed by atoms with van der Waals surface area (Å²) in [6, 6.07) is 4.07. The van der Waals surface area contributed by atoms with E-state index in [0.717, 1.165) is 32.0 Å². The van der Waals surface area contributed by atoms with Crippen molar-refractivity contribution in [2.24, 2.45) is 5.92 Å². The third-order valence-corrected chi connectivity index (χ3v) is 7.89. The molecule has 0 spiro atoms. The van der Waals surface area contributed by atoms with E-state index in [4.69, 9.17) is 0 Å². The Morgan fingerprint density at radius 3 is 2.54 bits per heavy atom. The standard InChI is InChI=1S/C17H22F2N2O2S/c1-2-24(22,23)21-10-13(12-4-3-5-14(18)15(12)19)17-16(21)11-6-8-20(17)9-7-11/h3-5,11,13,16-17H,2,6-10H2,1H3/t13-,16+,17+/m0/s1. The van der Waals surface area contributed by atoms with Gasteiger partial charge in [0.15, 0.2) is 11.6 Å². The third-order valence-electron chi connectivity index (χ3n) is 6.05. The summed E-state index contributed by atoms with van der Waals surface area (Å²) in [7, 11) is -3.36. The molecule has 4 heterocycles. The Labute approximate surface area is 141 Å². The molecule has 4 aliphatic heterocycles. The van der Waals surface area contributed by atoms with Crippen LogP contribution in [0.1, 0.15) is 31.2 Å². The molecule has 0 saturated carbocycles. The predicted molar refractivity (Wildman–Crippen MR) is 87.1 cm³/mol. The van der Waals surface area contributed by atoms with Crippen molar-refractivity contribution in [2.75, 3.05) is 25.4 Å². The lowest BCUT2D eigenvalue weighted by atomic mass is 9.75. The van der Waals surface area contributed by atoms with Crippen molar-refractivity contribution in [2.45, 2.75) is 37.8 Å². The molecule has 3 atom stereocenters. The van der Waals surface area contributed by atoms with Crippen LogP contribution in [0.2, 0.25) is 0 Å². The number of fused-ring (bicyclic) bond motifs is 2. The van der Waals surface area contributed by atoms with Gasteiger partial charge < -0.3 is 0 Å². The lowest BCUT2D eigenvalue weighted by molar-refractivity contribution is 0.0120. The second-order valence-corrected chi connectivity index (χ2v) is 9.28. The van der Waals surface area contributed by atoms with E-state index in [9.17, 15) is 17.2 Å². The van der Waals surface area contributed by atoms with Crippen molar-refractivity contribution in [3.63, 3.8) is 0 Å². The Bertz CT molecular complexity index is 747. The van der Waals surface area contributed by atoms with Gasteiger partial charge in [-0.3, -0.25) is 4.90 Å². The quantitative estimate of drug-likeness (QED) is 0.834. The Kier molecular flexibility index (Phi) is 3.93. The highest BCUT2D eigenvalue weighted by Crippen LogP contribution is 2.48. The normalized spacial score (nSPS) is 36.0. The zero-order valence-corrected chi connectivity index (χ0v) is 14.5. The van der Waals surface area contributed by atoms with E-state index in [1.54, 1.807) is 17.3 Å². The Balaban J connectivity index is 1.80. The molecule has 5 rings (SSSR count). The summed E-state index contributed by atoms with van der Waals surface area (Å²) < 4.78 is 54.9. The van der Waals surface area contributed by atoms with Crippen molar-refractivity contribution >= 4 is 10.0 Å².